The Morgan fingerprint density at radius 1 is 0.968 bits per heavy atom. The Labute approximate surface area is 183 Å². The van der Waals surface area contributed by atoms with Crippen LogP contribution < -0.4 is 15.5 Å². The predicted molar refractivity (Wildman–Crippen MR) is 120 cm³/mol. The van der Waals surface area contributed by atoms with E-state index in [1.54, 1.807) is 6.07 Å². The van der Waals surface area contributed by atoms with E-state index in [4.69, 9.17) is 5.73 Å². The van der Waals surface area contributed by atoms with E-state index in [-0.39, 0.29) is 5.91 Å². The van der Waals surface area contributed by atoms with Crippen molar-refractivity contribution in [1.82, 2.24) is 14.9 Å². The van der Waals surface area contributed by atoms with Gasteiger partial charge in [0.05, 0.1) is 5.56 Å². The number of pyridine rings is 2. The highest BCUT2D eigenvalue weighted by atomic mass is 16.2. The van der Waals surface area contributed by atoms with E-state index in [2.05, 4.69) is 19.8 Å². The molecule has 2 aliphatic rings. The van der Waals surface area contributed by atoms with E-state index < -0.39 is 5.91 Å². The maximum Gasteiger partial charge on any atom is 0.250 e. The molecule has 0 unspecified atom stereocenters. The fourth-order valence-electron chi connectivity index (χ4n) is 4.44. The summed E-state index contributed by atoms with van der Waals surface area (Å²) in [5, 5.41) is 0. The van der Waals surface area contributed by atoms with Crippen molar-refractivity contribution in [3.8, 4) is 0 Å². The van der Waals surface area contributed by atoms with Gasteiger partial charge in [0.2, 0.25) is 11.8 Å². The van der Waals surface area contributed by atoms with Crippen LogP contribution in [0.5, 0.6) is 0 Å². The van der Waals surface area contributed by atoms with E-state index in [9.17, 15) is 9.59 Å². The van der Waals surface area contributed by atoms with Gasteiger partial charge in [-0.05, 0) is 49.4 Å². The van der Waals surface area contributed by atoms with Gasteiger partial charge in [-0.2, -0.15) is 0 Å². The molecule has 4 rings (SSSR count). The maximum atomic E-state index is 12.8. The van der Waals surface area contributed by atoms with Crippen molar-refractivity contribution in [2.45, 2.75) is 25.7 Å². The first-order valence-corrected chi connectivity index (χ1v) is 11.0. The molecule has 2 aliphatic heterocycles. The van der Waals surface area contributed by atoms with Gasteiger partial charge in [-0.15, -0.1) is 0 Å². The average molecular weight is 423 g/mol. The van der Waals surface area contributed by atoms with Gasteiger partial charge < -0.3 is 20.4 Å². The zero-order valence-electron chi connectivity index (χ0n) is 17.8. The third kappa shape index (κ3) is 5.31. The Morgan fingerprint density at radius 2 is 1.77 bits per heavy atom. The van der Waals surface area contributed by atoms with Crippen LogP contribution in [0, 0.1) is 5.92 Å². The molecule has 2 fully saturated rings. The molecule has 2 N–H and O–H groups in total. The molecule has 0 bridgehead atoms. The monoisotopic (exact) mass is 422 g/mol. The second-order valence-corrected chi connectivity index (χ2v) is 8.32. The summed E-state index contributed by atoms with van der Waals surface area (Å²) >= 11 is 0. The molecule has 31 heavy (non-hydrogen) atoms. The van der Waals surface area contributed by atoms with Crippen LogP contribution in [0.4, 0.5) is 11.6 Å². The number of nitrogens with zero attached hydrogens (tertiary/aromatic N) is 5. The summed E-state index contributed by atoms with van der Waals surface area (Å²) < 4.78 is 0. The minimum Gasteiger partial charge on any atom is -0.366 e. The maximum absolute atomic E-state index is 12.8. The lowest BCUT2D eigenvalue weighted by molar-refractivity contribution is -0.131. The molecule has 0 aromatic carbocycles. The highest BCUT2D eigenvalue weighted by Crippen LogP contribution is 2.25. The molecule has 0 radical (unpaired) electrons. The van der Waals surface area contributed by atoms with E-state index in [0.29, 0.717) is 17.9 Å². The molecule has 2 amide bonds. The number of aromatic nitrogens is 2. The SMILES string of the molecule is NC(=O)c1ccc(N2CCC[C@H](CCC(=O)N3CCN(c4ccccn4)CC3)C2)nc1. The van der Waals surface area contributed by atoms with Crippen LogP contribution >= 0.6 is 0 Å². The van der Waals surface area contributed by atoms with Crippen LogP contribution in [0.3, 0.4) is 0 Å². The minimum atomic E-state index is -0.463. The molecule has 8 heteroatoms. The normalized spacial score (nSPS) is 19.4. The standard InChI is InChI=1S/C23H30N6O2/c24-23(31)19-7-8-21(26-16-19)29-11-3-4-18(17-29)6-9-22(30)28-14-12-27(13-15-28)20-5-1-2-10-25-20/h1-2,5,7-8,10,16,18H,3-4,6,9,11-15,17H2,(H2,24,31)/t18-/m1/s1. The topological polar surface area (TPSA) is 95.7 Å². The van der Waals surface area contributed by atoms with Gasteiger partial charge in [0, 0.05) is 58.1 Å². The fraction of sp³-hybridized carbons (Fsp3) is 0.478. The van der Waals surface area contributed by atoms with Crippen LogP contribution in [-0.4, -0.2) is 66.0 Å². The van der Waals surface area contributed by atoms with Crippen molar-refractivity contribution in [1.29, 1.82) is 0 Å². The van der Waals surface area contributed by atoms with E-state index in [1.807, 2.05) is 35.4 Å². The lowest BCUT2D eigenvalue weighted by Gasteiger charge is -2.36. The number of rotatable bonds is 6. The van der Waals surface area contributed by atoms with Crippen molar-refractivity contribution in [3.05, 3.63) is 48.3 Å². The number of nitrogens with two attached hydrogens (primary N) is 1. The molecule has 2 saturated heterocycles. The summed E-state index contributed by atoms with van der Waals surface area (Å²) in [5.74, 6) is 2.11. The number of hydrogen-bond acceptors (Lipinski definition) is 6. The van der Waals surface area contributed by atoms with Crippen molar-refractivity contribution in [2.75, 3.05) is 49.1 Å². The van der Waals surface area contributed by atoms with Gasteiger partial charge in [-0.3, -0.25) is 9.59 Å². The highest BCUT2D eigenvalue weighted by molar-refractivity contribution is 5.92. The molecule has 0 saturated carbocycles. The predicted octanol–water partition coefficient (Wildman–Crippen LogP) is 1.92. The first kappa shape index (κ1) is 21.1. The summed E-state index contributed by atoms with van der Waals surface area (Å²) in [6, 6.07) is 9.51. The lowest BCUT2D eigenvalue weighted by Crippen LogP contribution is -2.49. The summed E-state index contributed by atoms with van der Waals surface area (Å²) in [5.41, 5.74) is 5.72. The zero-order chi connectivity index (χ0) is 21.6. The summed E-state index contributed by atoms with van der Waals surface area (Å²) in [6.07, 6.45) is 7.06. The van der Waals surface area contributed by atoms with Gasteiger partial charge in [0.15, 0.2) is 0 Å². The van der Waals surface area contributed by atoms with Crippen molar-refractivity contribution >= 4 is 23.5 Å². The number of amides is 2. The molecule has 0 spiro atoms. The quantitative estimate of drug-likeness (QED) is 0.764. The lowest BCUT2D eigenvalue weighted by atomic mass is 9.93. The molecule has 0 aliphatic carbocycles. The fourth-order valence-corrected chi connectivity index (χ4v) is 4.44. The molecular weight excluding hydrogens is 392 g/mol. The van der Waals surface area contributed by atoms with Crippen molar-refractivity contribution in [2.24, 2.45) is 11.7 Å². The van der Waals surface area contributed by atoms with Gasteiger partial charge in [0.1, 0.15) is 11.6 Å². The number of piperazine rings is 1. The van der Waals surface area contributed by atoms with Crippen LogP contribution in [0.15, 0.2) is 42.7 Å². The minimum absolute atomic E-state index is 0.252. The number of carbonyl (C=O) groups excluding carboxylic acids is 2. The Morgan fingerprint density at radius 3 is 2.45 bits per heavy atom. The zero-order valence-corrected chi connectivity index (χ0v) is 17.8. The summed E-state index contributed by atoms with van der Waals surface area (Å²) in [4.78, 5) is 39.3. The first-order chi connectivity index (χ1) is 15.1. The average Bonchev–Trinajstić information content (AvgIpc) is 2.83. The molecule has 2 aromatic rings. The van der Waals surface area contributed by atoms with Crippen LogP contribution in [-0.2, 0) is 4.79 Å². The Bertz CT molecular complexity index is 881. The summed E-state index contributed by atoms with van der Waals surface area (Å²) in [6.45, 7) is 5.00. The van der Waals surface area contributed by atoms with Gasteiger partial charge in [-0.25, -0.2) is 9.97 Å². The van der Waals surface area contributed by atoms with Crippen molar-refractivity contribution in [3.63, 3.8) is 0 Å². The van der Waals surface area contributed by atoms with Crippen molar-refractivity contribution < 1.29 is 9.59 Å². The Kier molecular flexibility index (Phi) is 6.64. The van der Waals surface area contributed by atoms with Gasteiger partial charge in [0.25, 0.3) is 0 Å². The second-order valence-electron chi connectivity index (χ2n) is 8.32. The van der Waals surface area contributed by atoms with E-state index >= 15 is 0 Å². The number of piperidine rings is 1. The van der Waals surface area contributed by atoms with E-state index in [0.717, 1.165) is 70.2 Å². The molecule has 1 atom stereocenters. The highest BCUT2D eigenvalue weighted by Gasteiger charge is 2.25. The number of primary amides is 1. The Hall–Kier alpha value is -3.16. The Balaban J connectivity index is 1.23. The molecule has 4 heterocycles. The van der Waals surface area contributed by atoms with Crippen LogP contribution in [0.25, 0.3) is 0 Å². The first-order valence-electron chi connectivity index (χ1n) is 11.0. The molecule has 2 aromatic heterocycles. The largest absolute Gasteiger partial charge is 0.366 e. The molecule has 164 valence electrons. The third-order valence-electron chi connectivity index (χ3n) is 6.25. The van der Waals surface area contributed by atoms with Crippen LogP contribution in [0.1, 0.15) is 36.0 Å². The smallest absolute Gasteiger partial charge is 0.250 e. The van der Waals surface area contributed by atoms with Gasteiger partial charge in [-0.1, -0.05) is 6.07 Å². The molecule has 8 nitrogen and oxygen atoms in total. The van der Waals surface area contributed by atoms with Crippen LogP contribution in [0.2, 0.25) is 0 Å². The number of anilines is 2. The third-order valence-corrected chi connectivity index (χ3v) is 6.25. The number of hydrogen-bond donors (Lipinski definition) is 1. The van der Waals surface area contributed by atoms with Gasteiger partial charge >= 0.3 is 0 Å². The molecular formula is C23H30N6O2. The summed E-state index contributed by atoms with van der Waals surface area (Å²) in [7, 11) is 0. The number of carbonyl (C=O) groups is 2. The van der Waals surface area contributed by atoms with E-state index in [1.165, 1.54) is 6.20 Å². The second kappa shape index (κ2) is 9.76.